The Hall–Kier alpha value is -4.10. The zero-order valence-electron chi connectivity index (χ0n) is 32.6. The van der Waals surface area contributed by atoms with Gasteiger partial charge < -0.3 is 4.90 Å². The molecule has 2 aliphatic rings. The van der Waals surface area contributed by atoms with Crippen molar-refractivity contribution in [3.63, 3.8) is 0 Å². The van der Waals surface area contributed by atoms with E-state index >= 15 is 0 Å². The lowest BCUT2D eigenvalue weighted by molar-refractivity contribution is 0.398. The maximum absolute atomic E-state index is 2.60. The standard InChI is InChI=1S/C51H61N/c1-5-7-9-11-13-15-33-51(34-16-14-12-10-8-6-2)49-35-39(4)19-31-47(49)48-32-25-43(37-50(48)51)41-22-28-45(29-23-41)52(44-26-17-38(3)18-27-44)46-30-24-40-20-21-42(40)36-46/h17-19,22-32,35-37H,5-16,20-21,33-34H2,1-4H3. The molecule has 0 aliphatic heterocycles. The van der Waals surface area contributed by atoms with E-state index in [1.165, 1.54) is 164 Å². The van der Waals surface area contributed by atoms with E-state index in [4.69, 9.17) is 0 Å². The molecule has 0 amide bonds. The van der Waals surface area contributed by atoms with Gasteiger partial charge in [-0.3, -0.25) is 0 Å². The molecule has 5 aromatic rings. The highest BCUT2D eigenvalue weighted by atomic mass is 15.1. The van der Waals surface area contributed by atoms with Crippen molar-refractivity contribution in [1.82, 2.24) is 0 Å². The first kappa shape index (κ1) is 36.3. The van der Waals surface area contributed by atoms with Crippen LogP contribution >= 0.6 is 0 Å². The molecule has 2 aliphatic carbocycles. The Morgan fingerprint density at radius 2 is 0.942 bits per heavy atom. The van der Waals surface area contributed by atoms with E-state index in [-0.39, 0.29) is 5.41 Å². The van der Waals surface area contributed by atoms with Gasteiger partial charge in [0.15, 0.2) is 0 Å². The molecule has 0 saturated heterocycles. The van der Waals surface area contributed by atoms with Crippen LogP contribution in [0.3, 0.4) is 0 Å². The van der Waals surface area contributed by atoms with Crippen LogP contribution in [0.4, 0.5) is 17.1 Å². The Kier molecular flexibility index (Phi) is 11.7. The third kappa shape index (κ3) is 7.66. The second-order valence-corrected chi connectivity index (χ2v) is 16.1. The van der Waals surface area contributed by atoms with Crippen molar-refractivity contribution in [2.24, 2.45) is 0 Å². The van der Waals surface area contributed by atoms with E-state index in [0.29, 0.717) is 0 Å². The molecule has 270 valence electrons. The summed E-state index contributed by atoms with van der Waals surface area (Å²) in [6.07, 6.45) is 21.1. The first-order valence-electron chi connectivity index (χ1n) is 20.9. The number of hydrogen-bond acceptors (Lipinski definition) is 1. The summed E-state index contributed by atoms with van der Waals surface area (Å²) in [6, 6.07) is 40.1. The molecule has 0 heterocycles. The van der Waals surface area contributed by atoms with Crippen LogP contribution in [-0.2, 0) is 18.3 Å². The van der Waals surface area contributed by atoms with Crippen LogP contribution in [-0.4, -0.2) is 0 Å². The van der Waals surface area contributed by atoms with Crippen molar-refractivity contribution in [2.45, 2.75) is 136 Å². The van der Waals surface area contributed by atoms with Crippen LogP contribution in [0.5, 0.6) is 0 Å². The maximum Gasteiger partial charge on any atom is 0.0464 e. The molecule has 1 nitrogen and oxygen atoms in total. The van der Waals surface area contributed by atoms with Gasteiger partial charge in [0.2, 0.25) is 0 Å². The lowest BCUT2D eigenvalue weighted by atomic mass is 9.70. The molecule has 0 spiro atoms. The molecule has 0 fully saturated rings. The minimum absolute atomic E-state index is 0.0965. The number of fused-ring (bicyclic) bond motifs is 4. The van der Waals surface area contributed by atoms with Crippen LogP contribution in [0.1, 0.15) is 137 Å². The summed E-state index contributed by atoms with van der Waals surface area (Å²) in [7, 11) is 0. The summed E-state index contributed by atoms with van der Waals surface area (Å²) in [5, 5.41) is 0. The Bertz CT molecular complexity index is 1910. The molecule has 0 bridgehead atoms. The zero-order valence-corrected chi connectivity index (χ0v) is 32.6. The molecule has 0 N–H and O–H groups in total. The van der Waals surface area contributed by atoms with Crippen LogP contribution in [0.2, 0.25) is 0 Å². The van der Waals surface area contributed by atoms with Gasteiger partial charge in [0.05, 0.1) is 0 Å². The summed E-state index contributed by atoms with van der Waals surface area (Å²) in [5.74, 6) is 0. The number of unbranched alkanes of at least 4 members (excludes halogenated alkanes) is 10. The van der Waals surface area contributed by atoms with Crippen molar-refractivity contribution in [2.75, 3.05) is 4.90 Å². The molecule has 52 heavy (non-hydrogen) atoms. The van der Waals surface area contributed by atoms with E-state index in [0.717, 1.165) is 0 Å². The molecule has 5 aromatic carbocycles. The Morgan fingerprint density at radius 3 is 1.54 bits per heavy atom. The zero-order chi connectivity index (χ0) is 35.9. The Morgan fingerprint density at radius 1 is 0.442 bits per heavy atom. The van der Waals surface area contributed by atoms with Gasteiger partial charge in [-0.05, 0) is 127 Å². The first-order chi connectivity index (χ1) is 25.5. The predicted molar refractivity (Wildman–Crippen MR) is 226 cm³/mol. The Labute approximate surface area is 315 Å². The minimum atomic E-state index is 0.0965. The molecule has 0 atom stereocenters. The second kappa shape index (κ2) is 16.7. The smallest absolute Gasteiger partial charge is 0.0464 e. The highest BCUT2D eigenvalue weighted by molar-refractivity contribution is 5.85. The fourth-order valence-electron chi connectivity index (χ4n) is 9.13. The number of nitrogens with zero attached hydrogens (tertiary/aromatic N) is 1. The second-order valence-electron chi connectivity index (χ2n) is 16.1. The van der Waals surface area contributed by atoms with Crippen molar-refractivity contribution in [1.29, 1.82) is 0 Å². The quantitative estimate of drug-likeness (QED) is 0.0829. The van der Waals surface area contributed by atoms with E-state index in [2.05, 4.69) is 136 Å². The molecular formula is C51H61N. The number of hydrogen-bond donors (Lipinski definition) is 0. The Balaban J connectivity index is 1.22. The van der Waals surface area contributed by atoms with Gasteiger partial charge >= 0.3 is 0 Å². The molecule has 1 heteroatoms. The third-order valence-electron chi connectivity index (χ3n) is 12.3. The van der Waals surface area contributed by atoms with Crippen LogP contribution in [0.15, 0.2) is 103 Å². The molecule has 0 unspecified atom stereocenters. The summed E-state index contributed by atoms with van der Waals surface area (Å²) in [4.78, 5) is 2.43. The number of benzene rings is 5. The van der Waals surface area contributed by atoms with Crippen molar-refractivity contribution in [3.05, 3.63) is 137 Å². The van der Waals surface area contributed by atoms with Gasteiger partial charge in [-0.1, -0.05) is 163 Å². The SMILES string of the molecule is CCCCCCCCC1(CCCCCCCC)c2cc(C)ccc2-c2ccc(-c3ccc(N(c4ccc(C)cc4)c4ccc5c(c4)CC5)cc3)cc21. The number of rotatable bonds is 18. The fraction of sp³-hybridized carbons (Fsp3) is 0.412. The van der Waals surface area contributed by atoms with Gasteiger partial charge in [0.1, 0.15) is 0 Å². The highest BCUT2D eigenvalue weighted by Gasteiger charge is 2.42. The van der Waals surface area contributed by atoms with Crippen LogP contribution < -0.4 is 4.90 Å². The van der Waals surface area contributed by atoms with Crippen LogP contribution in [0.25, 0.3) is 22.3 Å². The summed E-state index contributed by atoms with van der Waals surface area (Å²) < 4.78 is 0. The third-order valence-corrected chi connectivity index (χ3v) is 12.3. The molecule has 0 saturated carbocycles. The van der Waals surface area contributed by atoms with E-state index < -0.39 is 0 Å². The lowest BCUT2D eigenvalue weighted by Gasteiger charge is -2.33. The first-order valence-corrected chi connectivity index (χ1v) is 20.9. The normalized spacial score (nSPS) is 13.7. The largest absolute Gasteiger partial charge is 0.310 e. The summed E-state index contributed by atoms with van der Waals surface area (Å²) in [5.41, 5.74) is 18.2. The van der Waals surface area contributed by atoms with Crippen molar-refractivity contribution >= 4 is 17.1 Å². The van der Waals surface area contributed by atoms with Crippen molar-refractivity contribution < 1.29 is 0 Å². The van der Waals surface area contributed by atoms with E-state index in [1.807, 2.05) is 0 Å². The molecule has 7 rings (SSSR count). The lowest BCUT2D eigenvalue weighted by Crippen LogP contribution is -2.25. The molecule has 0 radical (unpaired) electrons. The monoisotopic (exact) mass is 687 g/mol. The van der Waals surface area contributed by atoms with E-state index in [1.54, 1.807) is 11.1 Å². The summed E-state index contributed by atoms with van der Waals surface area (Å²) in [6.45, 7) is 9.10. The molecule has 0 aromatic heterocycles. The highest BCUT2D eigenvalue weighted by Crippen LogP contribution is 2.55. The van der Waals surface area contributed by atoms with Crippen LogP contribution in [0, 0.1) is 13.8 Å². The van der Waals surface area contributed by atoms with Gasteiger partial charge in [-0.25, -0.2) is 0 Å². The number of aryl methyl sites for hydroxylation is 4. The minimum Gasteiger partial charge on any atom is -0.310 e. The van der Waals surface area contributed by atoms with Gasteiger partial charge in [0.25, 0.3) is 0 Å². The van der Waals surface area contributed by atoms with Crippen molar-refractivity contribution in [3.8, 4) is 22.3 Å². The predicted octanol–water partition coefficient (Wildman–Crippen LogP) is 15.3. The fourth-order valence-corrected chi connectivity index (χ4v) is 9.13. The topological polar surface area (TPSA) is 3.24 Å². The van der Waals surface area contributed by atoms with Gasteiger partial charge in [-0.15, -0.1) is 0 Å². The molecular weight excluding hydrogens is 627 g/mol. The number of anilines is 3. The average molecular weight is 688 g/mol. The average Bonchev–Trinajstić information content (AvgIpc) is 3.41. The maximum atomic E-state index is 2.60. The van der Waals surface area contributed by atoms with Gasteiger partial charge in [-0.2, -0.15) is 0 Å². The van der Waals surface area contributed by atoms with Gasteiger partial charge in [0, 0.05) is 22.5 Å². The van der Waals surface area contributed by atoms with E-state index in [9.17, 15) is 0 Å². The summed E-state index contributed by atoms with van der Waals surface area (Å²) >= 11 is 0.